The number of ketones is 1. The van der Waals surface area contributed by atoms with Gasteiger partial charge in [-0.1, -0.05) is 13.8 Å². The highest BCUT2D eigenvalue weighted by atomic mass is 16.5. The zero-order valence-corrected chi connectivity index (χ0v) is 16.2. The van der Waals surface area contributed by atoms with Gasteiger partial charge in [0.15, 0.2) is 5.78 Å². The lowest BCUT2D eigenvalue weighted by atomic mass is 9.89. The molecule has 1 fully saturated rings. The molecule has 0 aromatic heterocycles. The molecule has 0 unspecified atom stereocenters. The van der Waals surface area contributed by atoms with Crippen molar-refractivity contribution in [2.45, 2.75) is 32.7 Å². The number of likely N-dealkylation sites (tertiary alicyclic amines) is 1. The molecule has 1 aliphatic heterocycles. The van der Waals surface area contributed by atoms with Crippen molar-refractivity contribution >= 4 is 17.6 Å². The topological polar surface area (TPSA) is 102 Å². The number of hydrogen-bond acceptors (Lipinski definition) is 5. The molecule has 0 saturated carbocycles. The summed E-state index contributed by atoms with van der Waals surface area (Å²) in [7, 11) is 1.59. The van der Waals surface area contributed by atoms with Gasteiger partial charge in [-0.25, -0.2) is 0 Å². The summed E-state index contributed by atoms with van der Waals surface area (Å²) in [5, 5.41) is 2.60. The lowest BCUT2D eigenvalue weighted by molar-refractivity contribution is -0.134. The number of rotatable bonds is 7. The van der Waals surface area contributed by atoms with Crippen molar-refractivity contribution < 1.29 is 19.1 Å². The minimum atomic E-state index is -0.620. The molecule has 0 spiro atoms. The maximum atomic E-state index is 12.6. The Hall–Kier alpha value is -2.41. The summed E-state index contributed by atoms with van der Waals surface area (Å²) in [4.78, 5) is 38.4. The zero-order valence-electron chi connectivity index (χ0n) is 16.2. The Morgan fingerprint density at radius 2 is 1.78 bits per heavy atom. The van der Waals surface area contributed by atoms with E-state index in [0.717, 1.165) is 0 Å². The van der Waals surface area contributed by atoms with Crippen LogP contribution in [0.5, 0.6) is 5.75 Å². The lowest BCUT2D eigenvalue weighted by Crippen LogP contribution is -2.49. The number of hydrogen-bond donors (Lipinski definition) is 2. The lowest BCUT2D eigenvalue weighted by Gasteiger charge is -2.31. The van der Waals surface area contributed by atoms with Crippen molar-refractivity contribution in [1.82, 2.24) is 10.2 Å². The summed E-state index contributed by atoms with van der Waals surface area (Å²) in [6, 6.07) is 6.47. The summed E-state index contributed by atoms with van der Waals surface area (Å²) in [6.45, 7) is 4.68. The molecule has 2 rings (SSSR count). The van der Waals surface area contributed by atoms with E-state index in [1.54, 1.807) is 36.3 Å². The van der Waals surface area contributed by atoms with E-state index in [0.29, 0.717) is 37.2 Å². The Bertz CT molecular complexity index is 664. The molecule has 3 N–H and O–H groups in total. The highest BCUT2D eigenvalue weighted by molar-refractivity contribution is 5.98. The molecule has 1 aliphatic rings. The standard InChI is InChI=1S/C20H29N3O4/c1-13(2)18(21)20(26)22-12-17(24)23-10-8-15(9-11-23)19(25)14-4-6-16(27-3)7-5-14/h4-7,13,15,18H,8-12,21H2,1-3H3,(H,22,26)/t18-/m0/s1. The number of nitrogens with one attached hydrogen (secondary N) is 1. The normalized spacial score (nSPS) is 16.1. The first-order chi connectivity index (χ1) is 12.8. The van der Waals surface area contributed by atoms with Crippen molar-refractivity contribution in [3.05, 3.63) is 29.8 Å². The molecule has 1 aromatic carbocycles. The van der Waals surface area contributed by atoms with Crippen molar-refractivity contribution in [3.8, 4) is 5.75 Å². The number of Topliss-reactive ketones (excluding diaryl/α,β-unsaturated/α-hetero) is 1. The Kier molecular flexibility index (Phi) is 7.36. The molecule has 0 aliphatic carbocycles. The van der Waals surface area contributed by atoms with Crippen LogP contribution in [0.3, 0.4) is 0 Å². The molecular weight excluding hydrogens is 346 g/mol. The summed E-state index contributed by atoms with van der Waals surface area (Å²) >= 11 is 0. The van der Waals surface area contributed by atoms with Crippen molar-refractivity contribution in [3.63, 3.8) is 0 Å². The number of benzene rings is 1. The molecule has 1 saturated heterocycles. The van der Waals surface area contributed by atoms with Crippen LogP contribution >= 0.6 is 0 Å². The molecule has 7 heteroatoms. The van der Waals surface area contributed by atoms with Gasteiger partial charge in [-0.3, -0.25) is 14.4 Å². The summed E-state index contributed by atoms with van der Waals surface area (Å²) in [5.41, 5.74) is 6.43. The van der Waals surface area contributed by atoms with E-state index in [9.17, 15) is 14.4 Å². The molecule has 1 heterocycles. The van der Waals surface area contributed by atoms with Crippen molar-refractivity contribution in [2.24, 2.45) is 17.6 Å². The fraction of sp³-hybridized carbons (Fsp3) is 0.550. The predicted molar refractivity (Wildman–Crippen MR) is 102 cm³/mol. The van der Waals surface area contributed by atoms with Crippen molar-refractivity contribution in [2.75, 3.05) is 26.7 Å². The Balaban J connectivity index is 1.81. The second-order valence-electron chi connectivity index (χ2n) is 7.24. The highest BCUT2D eigenvalue weighted by Gasteiger charge is 2.28. The second kappa shape index (κ2) is 9.50. The van der Waals surface area contributed by atoms with Crippen LogP contribution in [0.4, 0.5) is 0 Å². The Morgan fingerprint density at radius 3 is 2.30 bits per heavy atom. The molecular formula is C20H29N3O4. The van der Waals surface area contributed by atoms with Crippen LogP contribution in [0.25, 0.3) is 0 Å². The van der Waals surface area contributed by atoms with E-state index in [-0.39, 0.29) is 36.0 Å². The largest absolute Gasteiger partial charge is 0.497 e. The minimum absolute atomic E-state index is 0.0137. The molecule has 0 bridgehead atoms. The number of ether oxygens (including phenoxy) is 1. The van der Waals surface area contributed by atoms with E-state index in [1.165, 1.54) is 0 Å². The van der Waals surface area contributed by atoms with Gasteiger partial charge in [0.2, 0.25) is 11.8 Å². The maximum Gasteiger partial charge on any atom is 0.241 e. The van der Waals surface area contributed by atoms with Gasteiger partial charge in [-0.15, -0.1) is 0 Å². The van der Waals surface area contributed by atoms with Crippen LogP contribution in [-0.2, 0) is 9.59 Å². The molecule has 1 aromatic rings. The monoisotopic (exact) mass is 375 g/mol. The number of nitrogens with two attached hydrogens (primary N) is 1. The van der Waals surface area contributed by atoms with Gasteiger partial charge >= 0.3 is 0 Å². The van der Waals surface area contributed by atoms with Crippen LogP contribution in [0.2, 0.25) is 0 Å². The van der Waals surface area contributed by atoms with E-state index < -0.39 is 6.04 Å². The highest BCUT2D eigenvalue weighted by Crippen LogP contribution is 2.23. The van der Waals surface area contributed by atoms with Gasteiger partial charge in [-0.2, -0.15) is 0 Å². The summed E-state index contributed by atoms with van der Waals surface area (Å²) in [6.07, 6.45) is 1.24. The summed E-state index contributed by atoms with van der Waals surface area (Å²) < 4.78 is 5.11. The Labute approximate surface area is 160 Å². The minimum Gasteiger partial charge on any atom is -0.497 e. The number of amides is 2. The number of carbonyl (C=O) groups is 3. The first-order valence-corrected chi connectivity index (χ1v) is 9.32. The average Bonchev–Trinajstić information content (AvgIpc) is 2.70. The van der Waals surface area contributed by atoms with E-state index >= 15 is 0 Å². The molecule has 2 amide bonds. The van der Waals surface area contributed by atoms with Crippen LogP contribution in [0, 0.1) is 11.8 Å². The fourth-order valence-electron chi connectivity index (χ4n) is 3.08. The van der Waals surface area contributed by atoms with Gasteiger partial charge in [-0.05, 0) is 43.0 Å². The third-order valence-electron chi connectivity index (χ3n) is 5.03. The summed E-state index contributed by atoms with van der Waals surface area (Å²) in [5.74, 6) is 0.274. The fourth-order valence-corrected chi connectivity index (χ4v) is 3.08. The van der Waals surface area contributed by atoms with Crippen LogP contribution in [-0.4, -0.2) is 55.3 Å². The zero-order chi connectivity index (χ0) is 20.0. The predicted octanol–water partition coefficient (Wildman–Crippen LogP) is 1.22. The van der Waals surface area contributed by atoms with Crippen molar-refractivity contribution in [1.29, 1.82) is 0 Å². The number of carbonyl (C=O) groups excluding carboxylic acids is 3. The maximum absolute atomic E-state index is 12.6. The number of nitrogens with zero attached hydrogens (tertiary/aromatic N) is 1. The average molecular weight is 375 g/mol. The van der Waals surface area contributed by atoms with Crippen LogP contribution in [0.1, 0.15) is 37.0 Å². The third-order valence-corrected chi connectivity index (χ3v) is 5.03. The van der Waals surface area contributed by atoms with E-state index in [2.05, 4.69) is 5.32 Å². The SMILES string of the molecule is COc1ccc(C(=O)C2CCN(C(=O)CNC(=O)[C@@H](N)C(C)C)CC2)cc1. The first-order valence-electron chi connectivity index (χ1n) is 9.32. The quantitative estimate of drug-likeness (QED) is 0.698. The van der Waals surface area contributed by atoms with Gasteiger partial charge < -0.3 is 20.7 Å². The second-order valence-corrected chi connectivity index (χ2v) is 7.24. The molecule has 7 nitrogen and oxygen atoms in total. The smallest absolute Gasteiger partial charge is 0.241 e. The number of piperidine rings is 1. The van der Waals surface area contributed by atoms with E-state index in [4.69, 9.17) is 10.5 Å². The number of methoxy groups -OCH3 is 1. The van der Waals surface area contributed by atoms with Crippen LogP contribution < -0.4 is 15.8 Å². The molecule has 148 valence electrons. The van der Waals surface area contributed by atoms with Gasteiger partial charge in [0.1, 0.15) is 5.75 Å². The molecule has 1 atom stereocenters. The third kappa shape index (κ3) is 5.53. The first kappa shape index (κ1) is 20.9. The van der Waals surface area contributed by atoms with Gasteiger partial charge in [0, 0.05) is 24.6 Å². The molecule has 27 heavy (non-hydrogen) atoms. The Morgan fingerprint density at radius 1 is 1.19 bits per heavy atom. The van der Waals surface area contributed by atoms with Gasteiger partial charge in [0.05, 0.1) is 19.7 Å². The molecule has 0 radical (unpaired) electrons. The van der Waals surface area contributed by atoms with Gasteiger partial charge in [0.25, 0.3) is 0 Å². The van der Waals surface area contributed by atoms with Crippen LogP contribution in [0.15, 0.2) is 24.3 Å². The van der Waals surface area contributed by atoms with E-state index in [1.807, 2.05) is 13.8 Å².